The van der Waals surface area contributed by atoms with Gasteiger partial charge in [0.05, 0.1) is 25.0 Å². The van der Waals surface area contributed by atoms with E-state index >= 15 is 0 Å². The number of likely N-dealkylation sites (N-methyl/N-ethyl adjacent to an activating group) is 1. The number of methoxy groups -OCH3 is 1. The Balaban J connectivity index is 0.00000341. The average Bonchev–Trinajstić information content (AvgIpc) is 3.17. The first-order valence-corrected chi connectivity index (χ1v) is 9.98. The van der Waals surface area contributed by atoms with Crippen LogP contribution >= 0.6 is 24.0 Å². The smallest absolute Gasteiger partial charge is 0.246 e. The van der Waals surface area contributed by atoms with Crippen LogP contribution in [0.25, 0.3) is 0 Å². The summed E-state index contributed by atoms with van der Waals surface area (Å²) < 4.78 is 6.96. The second-order valence-corrected chi connectivity index (χ2v) is 7.52. The molecule has 0 aliphatic carbocycles. The van der Waals surface area contributed by atoms with Crippen LogP contribution in [0.3, 0.4) is 0 Å². The number of benzene rings is 1. The zero-order chi connectivity index (χ0) is 21.7. The van der Waals surface area contributed by atoms with Gasteiger partial charge in [0.2, 0.25) is 5.91 Å². The molecule has 0 radical (unpaired) electrons. The summed E-state index contributed by atoms with van der Waals surface area (Å²) in [6, 6.07) is 8.24. The predicted octanol–water partition coefficient (Wildman–Crippen LogP) is 1.57. The molecular formula is C21H32IN7O2. The van der Waals surface area contributed by atoms with Crippen LogP contribution in [-0.2, 0) is 11.8 Å². The van der Waals surface area contributed by atoms with Gasteiger partial charge in [-0.15, -0.1) is 24.0 Å². The second kappa shape index (κ2) is 11.3. The molecule has 31 heavy (non-hydrogen) atoms. The number of rotatable bonds is 6. The van der Waals surface area contributed by atoms with E-state index in [2.05, 4.69) is 46.5 Å². The van der Waals surface area contributed by atoms with Crippen molar-refractivity contribution in [2.24, 2.45) is 12.0 Å². The van der Waals surface area contributed by atoms with Crippen LogP contribution in [0.5, 0.6) is 5.75 Å². The highest BCUT2D eigenvalue weighted by Gasteiger charge is 2.28. The van der Waals surface area contributed by atoms with Gasteiger partial charge in [0, 0.05) is 39.9 Å². The number of guanidine groups is 1. The summed E-state index contributed by atoms with van der Waals surface area (Å²) in [4.78, 5) is 23.0. The lowest BCUT2D eigenvalue weighted by atomic mass is 10.1. The Labute approximate surface area is 201 Å². The molecule has 2 aromatic rings. The number of piperazine rings is 1. The molecule has 0 spiro atoms. The molecule has 1 atom stereocenters. The number of aliphatic imine (C=N–C) groups is 1. The molecule has 9 nitrogen and oxygen atoms in total. The van der Waals surface area contributed by atoms with Crippen LogP contribution in [0.15, 0.2) is 41.7 Å². The van der Waals surface area contributed by atoms with Crippen molar-refractivity contribution in [3.63, 3.8) is 0 Å². The molecule has 2 heterocycles. The molecular weight excluding hydrogens is 509 g/mol. The molecule has 1 aromatic heterocycles. The minimum atomic E-state index is 0. The maximum Gasteiger partial charge on any atom is 0.246 e. The topological polar surface area (TPSA) is 78.2 Å². The SMILES string of the molecule is CN=C(NCC(c1ccc(OC)cc1)N(C)C)N1CCN(c2cnn(C)c2)C(=O)C1.I. The molecule has 3 rings (SSSR count). The van der Waals surface area contributed by atoms with E-state index in [9.17, 15) is 4.79 Å². The van der Waals surface area contributed by atoms with E-state index in [1.54, 1.807) is 29.9 Å². The van der Waals surface area contributed by atoms with Gasteiger partial charge in [0.15, 0.2) is 5.96 Å². The second-order valence-electron chi connectivity index (χ2n) is 7.52. The van der Waals surface area contributed by atoms with Crippen molar-refractivity contribution in [2.75, 3.05) is 59.3 Å². The number of aryl methyl sites for hydroxylation is 1. The van der Waals surface area contributed by atoms with Crippen LogP contribution in [-0.4, -0.2) is 85.9 Å². The Bertz CT molecular complexity index is 882. The van der Waals surface area contributed by atoms with Gasteiger partial charge in [-0.2, -0.15) is 5.10 Å². The molecule has 1 amide bonds. The third-order valence-electron chi connectivity index (χ3n) is 5.31. The summed E-state index contributed by atoms with van der Waals surface area (Å²) in [5.74, 6) is 1.61. The van der Waals surface area contributed by atoms with E-state index in [1.165, 1.54) is 5.56 Å². The van der Waals surface area contributed by atoms with Crippen molar-refractivity contribution in [2.45, 2.75) is 6.04 Å². The Morgan fingerprint density at radius 3 is 2.52 bits per heavy atom. The maximum atomic E-state index is 12.7. The van der Waals surface area contributed by atoms with Crippen molar-refractivity contribution in [3.8, 4) is 5.75 Å². The number of hydrogen-bond donors (Lipinski definition) is 1. The van der Waals surface area contributed by atoms with Gasteiger partial charge in [0.1, 0.15) is 12.3 Å². The number of nitrogens with zero attached hydrogens (tertiary/aromatic N) is 6. The Morgan fingerprint density at radius 2 is 2.00 bits per heavy atom. The Hall–Kier alpha value is -2.34. The lowest BCUT2D eigenvalue weighted by Crippen LogP contribution is -2.56. The summed E-state index contributed by atoms with van der Waals surface area (Å²) in [5.41, 5.74) is 2.01. The van der Waals surface area contributed by atoms with Crippen molar-refractivity contribution in [1.82, 2.24) is 24.9 Å². The van der Waals surface area contributed by atoms with Crippen LogP contribution in [0.2, 0.25) is 0 Å². The number of carbonyl (C=O) groups is 1. The zero-order valence-corrected chi connectivity index (χ0v) is 21.1. The van der Waals surface area contributed by atoms with Gasteiger partial charge in [-0.1, -0.05) is 12.1 Å². The predicted molar refractivity (Wildman–Crippen MR) is 133 cm³/mol. The normalized spacial score (nSPS) is 15.7. The van der Waals surface area contributed by atoms with Crippen LogP contribution in [0.1, 0.15) is 11.6 Å². The van der Waals surface area contributed by atoms with E-state index in [-0.39, 0.29) is 42.5 Å². The van der Waals surface area contributed by atoms with E-state index in [1.807, 2.05) is 30.3 Å². The Morgan fingerprint density at radius 1 is 1.29 bits per heavy atom. The van der Waals surface area contributed by atoms with Gasteiger partial charge in [0.25, 0.3) is 0 Å². The van der Waals surface area contributed by atoms with Crippen molar-refractivity contribution in [1.29, 1.82) is 0 Å². The molecule has 10 heteroatoms. The number of amides is 1. The first-order chi connectivity index (χ1) is 14.4. The monoisotopic (exact) mass is 541 g/mol. The summed E-state index contributed by atoms with van der Waals surface area (Å²) in [7, 11) is 9.36. The number of nitrogens with one attached hydrogen (secondary N) is 1. The van der Waals surface area contributed by atoms with Crippen LogP contribution < -0.4 is 15.0 Å². The van der Waals surface area contributed by atoms with Gasteiger partial charge in [-0.05, 0) is 31.8 Å². The molecule has 0 saturated carbocycles. The minimum Gasteiger partial charge on any atom is -0.497 e. The van der Waals surface area contributed by atoms with E-state index in [0.717, 1.165) is 17.4 Å². The molecule has 0 bridgehead atoms. The molecule has 1 aliphatic heterocycles. The van der Waals surface area contributed by atoms with E-state index < -0.39 is 0 Å². The summed E-state index contributed by atoms with van der Waals surface area (Å²) in [6.45, 7) is 2.25. The summed E-state index contributed by atoms with van der Waals surface area (Å²) in [5, 5.41) is 7.60. The average molecular weight is 541 g/mol. The highest BCUT2D eigenvalue weighted by Crippen LogP contribution is 2.21. The fourth-order valence-electron chi connectivity index (χ4n) is 3.62. The molecule has 1 unspecified atom stereocenters. The summed E-state index contributed by atoms with van der Waals surface area (Å²) >= 11 is 0. The quantitative estimate of drug-likeness (QED) is 0.340. The fourth-order valence-corrected chi connectivity index (χ4v) is 3.62. The number of ether oxygens (including phenoxy) is 1. The van der Waals surface area contributed by atoms with E-state index in [0.29, 0.717) is 19.6 Å². The lowest BCUT2D eigenvalue weighted by Gasteiger charge is -2.36. The first-order valence-electron chi connectivity index (χ1n) is 9.98. The number of hydrogen-bond acceptors (Lipinski definition) is 5. The third-order valence-corrected chi connectivity index (χ3v) is 5.31. The number of aromatic nitrogens is 2. The molecule has 1 aromatic carbocycles. The van der Waals surface area contributed by atoms with Gasteiger partial charge in [-0.25, -0.2) is 0 Å². The molecule has 1 N–H and O–H groups in total. The van der Waals surface area contributed by atoms with E-state index in [4.69, 9.17) is 4.74 Å². The number of halogens is 1. The third kappa shape index (κ3) is 6.10. The van der Waals surface area contributed by atoms with Crippen molar-refractivity contribution >= 4 is 41.5 Å². The highest BCUT2D eigenvalue weighted by atomic mass is 127. The maximum absolute atomic E-state index is 12.7. The lowest BCUT2D eigenvalue weighted by molar-refractivity contribution is -0.120. The summed E-state index contributed by atoms with van der Waals surface area (Å²) in [6.07, 6.45) is 3.58. The zero-order valence-electron chi connectivity index (χ0n) is 18.8. The minimum absolute atomic E-state index is 0. The van der Waals surface area contributed by atoms with Crippen LogP contribution in [0.4, 0.5) is 5.69 Å². The molecule has 1 fully saturated rings. The van der Waals surface area contributed by atoms with Crippen LogP contribution in [0, 0.1) is 0 Å². The first kappa shape index (κ1) is 24.9. The van der Waals surface area contributed by atoms with Gasteiger partial charge < -0.3 is 24.8 Å². The number of anilines is 1. The number of carbonyl (C=O) groups excluding carboxylic acids is 1. The standard InChI is InChI=1S/C21H31N7O2.HI/c1-22-21(23-13-19(25(2)3)16-6-8-18(30-5)9-7-16)27-10-11-28(20(29)15-27)17-12-24-26(4)14-17;/h6-9,12,14,19H,10-11,13,15H2,1-5H3,(H,22,23);1H. The largest absolute Gasteiger partial charge is 0.497 e. The molecule has 1 saturated heterocycles. The molecule has 170 valence electrons. The molecule has 1 aliphatic rings. The van der Waals surface area contributed by atoms with Crippen molar-refractivity contribution in [3.05, 3.63) is 42.2 Å². The Kier molecular flexibility index (Phi) is 9.11. The van der Waals surface area contributed by atoms with Gasteiger partial charge >= 0.3 is 0 Å². The highest BCUT2D eigenvalue weighted by molar-refractivity contribution is 14.0. The van der Waals surface area contributed by atoms with Crippen molar-refractivity contribution < 1.29 is 9.53 Å². The fraction of sp³-hybridized carbons (Fsp3) is 0.476. The van der Waals surface area contributed by atoms with Gasteiger partial charge in [-0.3, -0.25) is 14.5 Å².